The van der Waals surface area contributed by atoms with E-state index in [1.54, 1.807) is 60.7 Å². The molecule has 4 heterocycles. The summed E-state index contributed by atoms with van der Waals surface area (Å²) in [6.45, 7) is 3.01. The fourth-order valence-electron chi connectivity index (χ4n) is 8.66. The van der Waals surface area contributed by atoms with Gasteiger partial charge in [-0.05, 0) is 116 Å². The van der Waals surface area contributed by atoms with Gasteiger partial charge in [-0.15, -0.1) is 0 Å². The van der Waals surface area contributed by atoms with Crippen molar-refractivity contribution in [2.75, 3.05) is 41.7 Å². The number of primary amides is 1. The first-order valence-electron chi connectivity index (χ1n) is 21.6. The summed E-state index contributed by atoms with van der Waals surface area (Å²) in [6, 6.07) is 26.6. The van der Waals surface area contributed by atoms with Gasteiger partial charge in [-0.2, -0.15) is 4.98 Å². The Balaban J connectivity index is 0.764. The number of likely N-dealkylation sites (tertiary alicyclic amines) is 1. The summed E-state index contributed by atoms with van der Waals surface area (Å²) >= 11 is 6.41. The van der Waals surface area contributed by atoms with E-state index in [9.17, 15) is 28.4 Å². The lowest BCUT2D eigenvalue weighted by Gasteiger charge is -2.35. The molecule has 1 aromatic heterocycles. The lowest BCUT2D eigenvalue weighted by atomic mass is 9.89. The second kappa shape index (κ2) is 19.7. The molecule has 0 spiro atoms. The fourth-order valence-corrected chi connectivity index (χ4v) is 8.90. The van der Waals surface area contributed by atoms with E-state index < -0.39 is 11.7 Å². The number of nitrogens with two attached hydrogens (primary N) is 1. The third kappa shape index (κ3) is 10.5. The summed E-state index contributed by atoms with van der Waals surface area (Å²) in [6.07, 6.45) is 6.67. The maximum absolute atomic E-state index is 14.9. The molecule has 64 heavy (non-hydrogen) atoms. The summed E-state index contributed by atoms with van der Waals surface area (Å²) in [7, 11) is 0. The van der Waals surface area contributed by atoms with Gasteiger partial charge in [0.1, 0.15) is 0 Å². The number of amides is 5. The number of piperidine rings is 3. The van der Waals surface area contributed by atoms with Gasteiger partial charge >= 0.3 is 0 Å². The quantitative estimate of drug-likeness (QED) is 0.0742. The highest BCUT2D eigenvalue weighted by molar-refractivity contribution is 6.33. The molecule has 3 aliphatic heterocycles. The average Bonchev–Trinajstić information content (AvgIpc) is 3.30. The largest absolute Gasteiger partial charge is 0.372 e. The average molecular weight is 886 g/mol. The molecule has 0 bridgehead atoms. The Labute approximate surface area is 375 Å². The maximum Gasteiger partial charge on any atom is 0.251 e. The van der Waals surface area contributed by atoms with Crippen LogP contribution in [0, 0.1) is 11.7 Å². The number of nitrogens with one attached hydrogen (secondary N) is 4. The van der Waals surface area contributed by atoms with E-state index in [4.69, 9.17) is 17.3 Å². The van der Waals surface area contributed by atoms with Crippen LogP contribution in [0.1, 0.15) is 83.6 Å². The van der Waals surface area contributed by atoms with Crippen LogP contribution in [-0.2, 0) is 14.4 Å². The van der Waals surface area contributed by atoms with Crippen LogP contribution >= 0.6 is 11.6 Å². The highest BCUT2D eigenvalue weighted by atomic mass is 35.5. The van der Waals surface area contributed by atoms with Crippen molar-refractivity contribution in [2.24, 2.45) is 11.7 Å². The number of halogens is 2. The summed E-state index contributed by atoms with van der Waals surface area (Å²) in [5.74, 6) is -1.62. The van der Waals surface area contributed by atoms with E-state index in [0.717, 1.165) is 49.8 Å². The molecule has 0 aliphatic carbocycles. The molecular formula is C48H49ClFN9O5. The molecule has 5 amide bonds. The topological polar surface area (TPSA) is 192 Å². The van der Waals surface area contributed by atoms with Crippen molar-refractivity contribution in [1.29, 1.82) is 0 Å². The number of hydrogen-bond acceptors (Lipinski definition) is 10. The van der Waals surface area contributed by atoms with E-state index in [2.05, 4.69) is 48.3 Å². The van der Waals surface area contributed by atoms with E-state index in [1.165, 1.54) is 6.07 Å². The van der Waals surface area contributed by atoms with Gasteiger partial charge < -0.3 is 31.5 Å². The van der Waals surface area contributed by atoms with Crippen molar-refractivity contribution in [1.82, 2.24) is 25.5 Å². The summed E-state index contributed by atoms with van der Waals surface area (Å²) < 4.78 is 14.9. The van der Waals surface area contributed by atoms with Crippen molar-refractivity contribution in [3.8, 4) is 11.1 Å². The Morgan fingerprint density at radius 1 is 0.828 bits per heavy atom. The predicted octanol–water partition coefficient (Wildman–Crippen LogP) is 7.46. The van der Waals surface area contributed by atoms with Gasteiger partial charge in [-0.3, -0.25) is 29.3 Å². The molecule has 0 radical (unpaired) electrons. The molecule has 8 rings (SSSR count). The highest BCUT2D eigenvalue weighted by Crippen LogP contribution is 2.34. The molecule has 5 aromatic rings. The Morgan fingerprint density at radius 3 is 2.25 bits per heavy atom. The van der Waals surface area contributed by atoms with Gasteiger partial charge in [-0.25, -0.2) is 9.37 Å². The minimum absolute atomic E-state index is 0.0527. The molecular weight excluding hydrogens is 837 g/mol. The highest BCUT2D eigenvalue weighted by Gasteiger charge is 2.29. The first-order valence-corrected chi connectivity index (χ1v) is 22.0. The van der Waals surface area contributed by atoms with Gasteiger partial charge in [0.25, 0.3) is 5.91 Å². The molecule has 0 saturated carbocycles. The van der Waals surface area contributed by atoms with E-state index in [0.29, 0.717) is 84.2 Å². The number of anilines is 5. The SMILES string of the molecule is NC(=O)c1ccc(Nc2nc(Nc3ccc(C(=O)NC4CCN(C(=O)CCC5CCN(c6ccc(C7CCC(=O)NC7=O)cc6)CC5)CC4)cc3)ncc2F)cc1-c1ccccc1Cl. The first-order chi connectivity index (χ1) is 31.0. The molecule has 3 saturated heterocycles. The van der Waals surface area contributed by atoms with Crippen molar-refractivity contribution in [3.63, 3.8) is 0 Å². The van der Waals surface area contributed by atoms with Crippen LogP contribution in [0.3, 0.4) is 0 Å². The summed E-state index contributed by atoms with van der Waals surface area (Å²) in [5.41, 5.74) is 10.5. The summed E-state index contributed by atoms with van der Waals surface area (Å²) in [5, 5.41) is 12.0. The number of aromatic nitrogens is 2. The van der Waals surface area contributed by atoms with Crippen LogP contribution in [0.4, 0.5) is 33.2 Å². The molecule has 16 heteroatoms. The lowest BCUT2D eigenvalue weighted by Crippen LogP contribution is -2.46. The molecule has 6 N–H and O–H groups in total. The number of rotatable bonds is 13. The van der Waals surface area contributed by atoms with Gasteiger partial charge in [-0.1, -0.05) is 41.9 Å². The van der Waals surface area contributed by atoms with E-state index in [1.807, 2.05) is 17.0 Å². The lowest BCUT2D eigenvalue weighted by molar-refractivity contribution is -0.134. The monoisotopic (exact) mass is 885 g/mol. The fraction of sp³-hybridized carbons (Fsp3) is 0.312. The number of benzene rings is 4. The van der Waals surface area contributed by atoms with Gasteiger partial charge in [0.05, 0.1) is 12.1 Å². The number of carbonyl (C=O) groups is 5. The van der Waals surface area contributed by atoms with Crippen molar-refractivity contribution >= 4 is 70.0 Å². The Hall–Kier alpha value is -6.87. The smallest absolute Gasteiger partial charge is 0.251 e. The van der Waals surface area contributed by atoms with Crippen molar-refractivity contribution in [3.05, 3.63) is 125 Å². The van der Waals surface area contributed by atoms with E-state index >= 15 is 0 Å². The Morgan fingerprint density at radius 2 is 1.55 bits per heavy atom. The minimum atomic E-state index is -0.700. The van der Waals surface area contributed by atoms with Crippen LogP contribution in [0.25, 0.3) is 11.1 Å². The van der Waals surface area contributed by atoms with Crippen molar-refractivity contribution in [2.45, 2.75) is 63.3 Å². The number of hydrogen-bond donors (Lipinski definition) is 5. The van der Waals surface area contributed by atoms with Gasteiger partial charge in [0.15, 0.2) is 11.6 Å². The van der Waals surface area contributed by atoms with Crippen LogP contribution in [0.5, 0.6) is 0 Å². The normalized spacial score (nSPS) is 17.1. The molecule has 1 unspecified atom stereocenters. The van der Waals surface area contributed by atoms with Crippen molar-refractivity contribution < 1.29 is 28.4 Å². The Kier molecular flexibility index (Phi) is 13.5. The standard InChI is InChI=1S/C48H49ClFN9O5/c49-40-4-2-1-3-37(40)39-27-34(12-15-38(39)44(51)62)53-45-41(50)28-52-48(57-45)55-32-10-6-31(7-11-32)46(63)54-33-21-25-59(26-22-33)43(61)18-5-29-19-23-58(24-20-29)35-13-8-30(9-14-35)36-16-17-42(60)56-47(36)64/h1-4,6-15,27-29,33,36H,5,16-26H2,(H2,51,62)(H,54,63)(H,56,60,64)(H2,52,53,55,57). The molecule has 3 aliphatic rings. The molecule has 1 atom stereocenters. The van der Waals surface area contributed by atoms with Crippen LogP contribution < -0.4 is 31.9 Å². The summed E-state index contributed by atoms with van der Waals surface area (Å²) in [4.78, 5) is 75.0. The minimum Gasteiger partial charge on any atom is -0.372 e. The zero-order valence-electron chi connectivity index (χ0n) is 35.1. The number of nitrogens with zero attached hydrogens (tertiary/aromatic N) is 4. The molecule has 14 nitrogen and oxygen atoms in total. The third-order valence-electron chi connectivity index (χ3n) is 12.3. The number of imide groups is 1. The van der Waals surface area contributed by atoms with Crippen LogP contribution in [0.2, 0.25) is 5.02 Å². The second-order valence-electron chi connectivity index (χ2n) is 16.5. The maximum atomic E-state index is 14.9. The van der Waals surface area contributed by atoms with Gasteiger partial charge in [0.2, 0.25) is 29.6 Å². The molecule has 330 valence electrons. The third-order valence-corrected chi connectivity index (χ3v) is 12.7. The van der Waals surface area contributed by atoms with Crippen LogP contribution in [-0.4, -0.2) is 76.6 Å². The van der Waals surface area contributed by atoms with Gasteiger partial charge in [0, 0.05) is 83.8 Å². The first kappa shape index (κ1) is 43.8. The molecule has 4 aromatic carbocycles. The Bertz CT molecular complexity index is 2540. The zero-order chi connectivity index (χ0) is 44.7. The predicted molar refractivity (Wildman–Crippen MR) is 243 cm³/mol. The van der Waals surface area contributed by atoms with Crippen LogP contribution in [0.15, 0.2) is 97.2 Å². The second-order valence-corrected chi connectivity index (χ2v) is 16.9. The van der Waals surface area contributed by atoms with E-state index in [-0.39, 0.29) is 52.9 Å². The molecule has 3 fully saturated rings. The number of carbonyl (C=O) groups excluding carboxylic acids is 5. The zero-order valence-corrected chi connectivity index (χ0v) is 35.9.